The molecule has 0 aliphatic carbocycles. The average Bonchev–Trinajstić information content (AvgIpc) is 2.67. The van der Waals surface area contributed by atoms with E-state index in [4.69, 9.17) is 11.6 Å². The van der Waals surface area contributed by atoms with Crippen LogP contribution in [0.3, 0.4) is 0 Å². The van der Waals surface area contributed by atoms with Crippen molar-refractivity contribution < 1.29 is 4.79 Å². The molecule has 138 valence electrons. The molecule has 1 aromatic heterocycles. The van der Waals surface area contributed by atoms with Crippen LogP contribution in [-0.2, 0) is 11.2 Å². The highest BCUT2D eigenvalue weighted by Gasteiger charge is 2.22. The predicted molar refractivity (Wildman–Crippen MR) is 106 cm³/mol. The molecule has 1 amide bonds. The van der Waals surface area contributed by atoms with Gasteiger partial charge in [-0.05, 0) is 49.4 Å². The molecule has 1 aromatic carbocycles. The van der Waals surface area contributed by atoms with Crippen molar-refractivity contribution >= 4 is 23.2 Å². The molecule has 2 heterocycles. The van der Waals surface area contributed by atoms with Gasteiger partial charge in [0.25, 0.3) is 0 Å². The van der Waals surface area contributed by atoms with Crippen molar-refractivity contribution in [2.24, 2.45) is 0 Å². The number of piperazine rings is 1. The number of rotatable bonds is 6. The summed E-state index contributed by atoms with van der Waals surface area (Å²) in [6.07, 6.45) is 4.54. The lowest BCUT2D eigenvalue weighted by molar-refractivity contribution is -0.132. The molecule has 1 fully saturated rings. The standard InChI is InChI=1S/C20H25ClN4O/c1-23(10-7-17-5-8-22-9-6-17)16-20(26)25-13-11-24(12-14-25)19-4-2-3-18(21)15-19/h2-6,8-9,15H,7,10-14,16H2,1H3. The summed E-state index contributed by atoms with van der Waals surface area (Å²) < 4.78 is 0. The van der Waals surface area contributed by atoms with E-state index in [1.54, 1.807) is 12.4 Å². The number of hydrogen-bond acceptors (Lipinski definition) is 4. The van der Waals surface area contributed by atoms with E-state index in [-0.39, 0.29) is 5.91 Å². The van der Waals surface area contributed by atoms with Crippen LogP contribution in [0.4, 0.5) is 5.69 Å². The van der Waals surface area contributed by atoms with Gasteiger partial charge in [0.1, 0.15) is 0 Å². The Morgan fingerprint density at radius 1 is 1.15 bits per heavy atom. The highest BCUT2D eigenvalue weighted by atomic mass is 35.5. The number of amides is 1. The lowest BCUT2D eigenvalue weighted by Gasteiger charge is -2.36. The van der Waals surface area contributed by atoms with Crippen LogP contribution in [0.2, 0.25) is 5.02 Å². The third kappa shape index (κ3) is 5.19. The van der Waals surface area contributed by atoms with Crippen LogP contribution in [0.15, 0.2) is 48.8 Å². The first-order chi connectivity index (χ1) is 12.6. The fourth-order valence-electron chi connectivity index (χ4n) is 3.17. The Bertz CT molecular complexity index is 717. The summed E-state index contributed by atoms with van der Waals surface area (Å²) in [6.45, 7) is 4.51. The number of pyridine rings is 1. The zero-order valence-corrected chi connectivity index (χ0v) is 15.9. The first kappa shape index (κ1) is 18.7. The highest BCUT2D eigenvalue weighted by molar-refractivity contribution is 6.30. The molecular formula is C20H25ClN4O. The third-order valence-electron chi connectivity index (χ3n) is 4.74. The molecule has 0 spiro atoms. The van der Waals surface area contributed by atoms with Crippen molar-refractivity contribution in [3.8, 4) is 0 Å². The second-order valence-electron chi connectivity index (χ2n) is 6.69. The molecule has 2 aromatic rings. The van der Waals surface area contributed by atoms with Gasteiger partial charge in [0.05, 0.1) is 6.54 Å². The quantitative estimate of drug-likeness (QED) is 0.781. The van der Waals surface area contributed by atoms with Crippen molar-refractivity contribution in [3.63, 3.8) is 0 Å². The van der Waals surface area contributed by atoms with Crippen molar-refractivity contribution in [1.29, 1.82) is 0 Å². The first-order valence-electron chi connectivity index (χ1n) is 8.97. The largest absolute Gasteiger partial charge is 0.368 e. The van der Waals surface area contributed by atoms with Crippen LogP contribution < -0.4 is 4.90 Å². The Hall–Kier alpha value is -2.11. The molecule has 3 rings (SSSR count). The molecule has 0 radical (unpaired) electrons. The maximum absolute atomic E-state index is 12.6. The summed E-state index contributed by atoms with van der Waals surface area (Å²) in [5.74, 6) is 0.202. The number of carbonyl (C=O) groups excluding carboxylic acids is 1. The third-order valence-corrected chi connectivity index (χ3v) is 4.98. The number of likely N-dealkylation sites (N-methyl/N-ethyl adjacent to an activating group) is 1. The van der Waals surface area contributed by atoms with E-state index in [9.17, 15) is 4.79 Å². The van der Waals surface area contributed by atoms with E-state index < -0.39 is 0 Å². The van der Waals surface area contributed by atoms with Crippen molar-refractivity contribution in [2.45, 2.75) is 6.42 Å². The molecule has 0 N–H and O–H groups in total. The van der Waals surface area contributed by atoms with E-state index in [1.807, 2.05) is 42.3 Å². The lowest BCUT2D eigenvalue weighted by atomic mass is 10.2. The van der Waals surface area contributed by atoms with Crippen molar-refractivity contribution in [1.82, 2.24) is 14.8 Å². The van der Waals surface area contributed by atoms with Crippen LogP contribution in [0.25, 0.3) is 0 Å². The second kappa shape index (κ2) is 9.01. The molecule has 0 bridgehead atoms. The minimum absolute atomic E-state index is 0.202. The average molecular weight is 373 g/mol. The summed E-state index contributed by atoms with van der Waals surface area (Å²) in [5.41, 5.74) is 2.37. The Labute approximate surface area is 160 Å². The van der Waals surface area contributed by atoms with E-state index in [2.05, 4.69) is 20.9 Å². The number of hydrogen-bond donors (Lipinski definition) is 0. The number of aromatic nitrogens is 1. The van der Waals surface area contributed by atoms with E-state index >= 15 is 0 Å². The SMILES string of the molecule is CN(CCc1ccncc1)CC(=O)N1CCN(c2cccc(Cl)c2)CC1. The van der Waals surface area contributed by atoms with E-state index in [0.29, 0.717) is 6.54 Å². The fourth-order valence-corrected chi connectivity index (χ4v) is 3.35. The maximum atomic E-state index is 12.6. The molecule has 1 aliphatic heterocycles. The Balaban J connectivity index is 1.43. The second-order valence-corrected chi connectivity index (χ2v) is 7.13. The van der Waals surface area contributed by atoms with Gasteiger partial charge in [0.15, 0.2) is 0 Å². The van der Waals surface area contributed by atoms with Crippen LogP contribution in [-0.4, -0.2) is 67.0 Å². The van der Waals surface area contributed by atoms with Crippen LogP contribution in [0.1, 0.15) is 5.56 Å². The molecule has 0 saturated carbocycles. The van der Waals surface area contributed by atoms with Gasteiger partial charge in [0.2, 0.25) is 5.91 Å². The van der Waals surface area contributed by atoms with Gasteiger partial charge < -0.3 is 9.80 Å². The van der Waals surface area contributed by atoms with Gasteiger partial charge in [-0.15, -0.1) is 0 Å². The number of nitrogens with zero attached hydrogens (tertiary/aromatic N) is 4. The Kier molecular flexibility index (Phi) is 6.47. The molecule has 0 atom stereocenters. The number of benzene rings is 1. The number of anilines is 1. The number of carbonyl (C=O) groups is 1. The minimum Gasteiger partial charge on any atom is -0.368 e. The normalized spacial score (nSPS) is 14.7. The lowest BCUT2D eigenvalue weighted by Crippen LogP contribution is -2.51. The fraction of sp³-hybridized carbons (Fsp3) is 0.400. The molecule has 6 heteroatoms. The smallest absolute Gasteiger partial charge is 0.236 e. The first-order valence-corrected chi connectivity index (χ1v) is 9.35. The van der Waals surface area contributed by atoms with Gasteiger partial charge >= 0.3 is 0 Å². The van der Waals surface area contributed by atoms with Gasteiger partial charge in [-0.25, -0.2) is 0 Å². The monoisotopic (exact) mass is 372 g/mol. The van der Waals surface area contributed by atoms with Crippen LogP contribution >= 0.6 is 11.6 Å². The summed E-state index contributed by atoms with van der Waals surface area (Å²) in [5, 5.41) is 0.747. The van der Waals surface area contributed by atoms with Gasteiger partial charge in [0, 0.05) is 55.8 Å². The minimum atomic E-state index is 0.202. The van der Waals surface area contributed by atoms with Crippen LogP contribution in [0, 0.1) is 0 Å². The zero-order chi connectivity index (χ0) is 18.4. The predicted octanol–water partition coefficient (Wildman–Crippen LogP) is 2.56. The van der Waals surface area contributed by atoms with Gasteiger partial charge in [-0.2, -0.15) is 0 Å². The maximum Gasteiger partial charge on any atom is 0.236 e. The van der Waals surface area contributed by atoms with Crippen molar-refractivity contribution in [2.75, 3.05) is 51.2 Å². The summed E-state index contributed by atoms with van der Waals surface area (Å²) >= 11 is 6.07. The molecular weight excluding hydrogens is 348 g/mol. The summed E-state index contributed by atoms with van der Waals surface area (Å²) in [7, 11) is 2.00. The van der Waals surface area contributed by atoms with Crippen LogP contribution in [0.5, 0.6) is 0 Å². The molecule has 0 unspecified atom stereocenters. The van der Waals surface area contributed by atoms with E-state index in [0.717, 1.165) is 49.9 Å². The summed E-state index contributed by atoms with van der Waals surface area (Å²) in [4.78, 5) is 22.9. The van der Waals surface area contributed by atoms with Gasteiger partial charge in [-0.1, -0.05) is 17.7 Å². The molecule has 1 aliphatic rings. The molecule has 26 heavy (non-hydrogen) atoms. The van der Waals surface area contributed by atoms with Crippen molar-refractivity contribution in [3.05, 3.63) is 59.4 Å². The number of halogens is 1. The summed E-state index contributed by atoms with van der Waals surface area (Å²) in [6, 6.07) is 11.9. The Morgan fingerprint density at radius 2 is 1.88 bits per heavy atom. The molecule has 1 saturated heterocycles. The Morgan fingerprint density at radius 3 is 2.58 bits per heavy atom. The topological polar surface area (TPSA) is 39.7 Å². The molecule has 5 nitrogen and oxygen atoms in total. The van der Waals surface area contributed by atoms with Gasteiger partial charge in [-0.3, -0.25) is 14.7 Å². The zero-order valence-electron chi connectivity index (χ0n) is 15.1. The highest BCUT2D eigenvalue weighted by Crippen LogP contribution is 2.20. The van der Waals surface area contributed by atoms with E-state index in [1.165, 1.54) is 5.56 Å².